The molecule has 2 N–H and O–H groups in total. The van der Waals surface area contributed by atoms with E-state index < -0.39 is 0 Å². The van der Waals surface area contributed by atoms with Crippen molar-refractivity contribution >= 4 is 11.6 Å². The molecule has 3 nitrogen and oxygen atoms in total. The van der Waals surface area contributed by atoms with Gasteiger partial charge in [-0.05, 0) is 19.1 Å². The number of H-pyrrole nitrogens is 1. The highest BCUT2D eigenvalue weighted by atomic mass is 35.5. The molecule has 0 bridgehead atoms. The maximum atomic E-state index is 8.85. The molecule has 0 unspecified atom stereocenters. The van der Waals surface area contributed by atoms with Crippen LogP contribution in [0.5, 0.6) is 0 Å². The fourth-order valence-electron chi connectivity index (χ4n) is 1.64. The molecule has 4 heteroatoms. The molecule has 84 valence electrons. The first-order chi connectivity index (χ1) is 7.70. The zero-order valence-corrected chi connectivity index (χ0v) is 9.75. The highest BCUT2D eigenvalue weighted by molar-refractivity contribution is 6.30. The van der Waals surface area contributed by atoms with Crippen molar-refractivity contribution in [2.75, 3.05) is 6.61 Å². The first kappa shape index (κ1) is 11.2. The lowest BCUT2D eigenvalue weighted by Crippen LogP contribution is -1.92. The number of hydrogen-bond donors (Lipinski definition) is 2. The van der Waals surface area contributed by atoms with Crippen LogP contribution in [0.2, 0.25) is 5.02 Å². The maximum absolute atomic E-state index is 8.85. The number of aromatic amines is 1. The van der Waals surface area contributed by atoms with Gasteiger partial charge in [0.05, 0.1) is 12.3 Å². The van der Waals surface area contributed by atoms with Crippen molar-refractivity contribution in [3.8, 4) is 11.3 Å². The molecule has 2 rings (SSSR count). The van der Waals surface area contributed by atoms with Crippen LogP contribution < -0.4 is 0 Å². The molecule has 0 saturated carbocycles. The van der Waals surface area contributed by atoms with Gasteiger partial charge in [0.1, 0.15) is 5.82 Å². The lowest BCUT2D eigenvalue weighted by atomic mass is 10.1. The van der Waals surface area contributed by atoms with Gasteiger partial charge in [0, 0.05) is 22.7 Å². The number of aliphatic hydroxyl groups excluding tert-OH is 1. The van der Waals surface area contributed by atoms with Crippen molar-refractivity contribution in [1.29, 1.82) is 0 Å². The van der Waals surface area contributed by atoms with E-state index in [2.05, 4.69) is 9.97 Å². The zero-order chi connectivity index (χ0) is 11.5. The molecule has 16 heavy (non-hydrogen) atoms. The van der Waals surface area contributed by atoms with Gasteiger partial charge in [-0.1, -0.05) is 23.7 Å². The summed E-state index contributed by atoms with van der Waals surface area (Å²) in [7, 11) is 0. The smallest absolute Gasteiger partial charge is 0.109 e. The summed E-state index contributed by atoms with van der Waals surface area (Å²) in [5.74, 6) is 0.810. The highest BCUT2D eigenvalue weighted by Gasteiger charge is 2.08. The Morgan fingerprint density at radius 1 is 1.31 bits per heavy atom. The third kappa shape index (κ3) is 2.26. The molecular weight excluding hydrogens is 224 g/mol. The monoisotopic (exact) mass is 236 g/mol. The Morgan fingerprint density at radius 3 is 2.62 bits per heavy atom. The van der Waals surface area contributed by atoms with Crippen LogP contribution in [0.1, 0.15) is 11.5 Å². The van der Waals surface area contributed by atoms with Gasteiger partial charge in [0.25, 0.3) is 0 Å². The van der Waals surface area contributed by atoms with E-state index >= 15 is 0 Å². The Balaban J connectivity index is 2.36. The topological polar surface area (TPSA) is 48.9 Å². The Bertz CT molecular complexity index is 476. The molecule has 0 atom stereocenters. The van der Waals surface area contributed by atoms with E-state index in [1.807, 2.05) is 31.2 Å². The number of aliphatic hydroxyl groups is 1. The molecule has 0 spiro atoms. The minimum atomic E-state index is 0.104. The Morgan fingerprint density at radius 2 is 2.00 bits per heavy atom. The first-order valence-electron chi connectivity index (χ1n) is 5.13. The molecule has 1 aromatic heterocycles. The lowest BCUT2D eigenvalue weighted by molar-refractivity contribution is 0.297. The second-order valence-electron chi connectivity index (χ2n) is 3.64. The molecule has 0 amide bonds. The van der Waals surface area contributed by atoms with Crippen molar-refractivity contribution in [3.63, 3.8) is 0 Å². The van der Waals surface area contributed by atoms with Gasteiger partial charge in [0.2, 0.25) is 0 Å². The largest absolute Gasteiger partial charge is 0.396 e. The molecule has 0 radical (unpaired) electrons. The van der Waals surface area contributed by atoms with Crippen LogP contribution in [-0.2, 0) is 6.42 Å². The van der Waals surface area contributed by atoms with E-state index in [4.69, 9.17) is 16.7 Å². The van der Waals surface area contributed by atoms with Gasteiger partial charge < -0.3 is 10.1 Å². The van der Waals surface area contributed by atoms with Crippen LogP contribution in [0.15, 0.2) is 24.3 Å². The standard InChI is InChI=1S/C12H13ClN2O/c1-8-12(15-11(14-8)6-7-16)9-2-4-10(13)5-3-9/h2-5,16H,6-7H2,1H3,(H,14,15). The number of aromatic nitrogens is 2. The van der Waals surface area contributed by atoms with Crippen molar-refractivity contribution < 1.29 is 5.11 Å². The summed E-state index contributed by atoms with van der Waals surface area (Å²) in [4.78, 5) is 7.60. The van der Waals surface area contributed by atoms with Crippen LogP contribution in [0.4, 0.5) is 0 Å². The number of rotatable bonds is 3. The summed E-state index contributed by atoms with van der Waals surface area (Å²) in [5, 5.41) is 9.56. The normalized spacial score (nSPS) is 10.7. The molecule has 0 aliphatic rings. The molecule has 0 fully saturated rings. The fraction of sp³-hybridized carbons (Fsp3) is 0.250. The van der Waals surface area contributed by atoms with Crippen molar-refractivity contribution in [1.82, 2.24) is 9.97 Å². The van der Waals surface area contributed by atoms with Gasteiger partial charge in [-0.25, -0.2) is 4.98 Å². The fourth-order valence-corrected chi connectivity index (χ4v) is 1.76. The number of aryl methyl sites for hydroxylation is 1. The molecule has 0 saturated heterocycles. The van der Waals surface area contributed by atoms with Gasteiger partial charge in [-0.3, -0.25) is 0 Å². The second-order valence-corrected chi connectivity index (χ2v) is 4.07. The SMILES string of the molecule is Cc1[nH]c(CCO)nc1-c1ccc(Cl)cc1. The molecule has 1 heterocycles. The molecule has 1 aromatic carbocycles. The number of hydrogen-bond acceptors (Lipinski definition) is 2. The number of imidazole rings is 1. The zero-order valence-electron chi connectivity index (χ0n) is 9.00. The van der Waals surface area contributed by atoms with Crippen LogP contribution in [0.25, 0.3) is 11.3 Å². The van der Waals surface area contributed by atoms with Gasteiger partial charge in [-0.15, -0.1) is 0 Å². The summed E-state index contributed by atoms with van der Waals surface area (Å²) in [6.45, 7) is 2.07. The van der Waals surface area contributed by atoms with E-state index in [9.17, 15) is 0 Å². The Hall–Kier alpha value is -1.32. The molecular formula is C12H13ClN2O. The minimum absolute atomic E-state index is 0.104. The highest BCUT2D eigenvalue weighted by Crippen LogP contribution is 2.22. The average molecular weight is 237 g/mol. The van der Waals surface area contributed by atoms with Crippen molar-refractivity contribution in [3.05, 3.63) is 40.8 Å². The molecule has 0 aliphatic heterocycles. The summed E-state index contributed by atoms with van der Waals surface area (Å²) in [6, 6.07) is 7.57. The third-order valence-corrected chi connectivity index (χ3v) is 2.65. The van der Waals surface area contributed by atoms with E-state index in [-0.39, 0.29) is 6.61 Å². The molecule has 0 aliphatic carbocycles. The number of benzene rings is 1. The Labute approximate surface area is 99.1 Å². The average Bonchev–Trinajstić information content (AvgIpc) is 2.61. The van der Waals surface area contributed by atoms with E-state index in [1.54, 1.807) is 0 Å². The predicted molar refractivity (Wildman–Crippen MR) is 64.6 cm³/mol. The first-order valence-corrected chi connectivity index (χ1v) is 5.51. The van der Waals surface area contributed by atoms with E-state index in [0.29, 0.717) is 11.4 Å². The molecule has 2 aromatic rings. The summed E-state index contributed by atoms with van der Waals surface area (Å²) >= 11 is 5.83. The van der Waals surface area contributed by atoms with Crippen LogP contribution in [-0.4, -0.2) is 21.7 Å². The number of halogens is 1. The van der Waals surface area contributed by atoms with Crippen molar-refractivity contribution in [2.24, 2.45) is 0 Å². The predicted octanol–water partition coefficient (Wildman–Crippen LogP) is 2.57. The number of nitrogens with zero attached hydrogens (tertiary/aromatic N) is 1. The van der Waals surface area contributed by atoms with Crippen LogP contribution in [0.3, 0.4) is 0 Å². The minimum Gasteiger partial charge on any atom is -0.396 e. The lowest BCUT2D eigenvalue weighted by Gasteiger charge is -1.98. The van der Waals surface area contributed by atoms with E-state index in [1.165, 1.54) is 0 Å². The quantitative estimate of drug-likeness (QED) is 0.861. The maximum Gasteiger partial charge on any atom is 0.109 e. The van der Waals surface area contributed by atoms with Gasteiger partial charge in [-0.2, -0.15) is 0 Å². The van der Waals surface area contributed by atoms with Gasteiger partial charge >= 0.3 is 0 Å². The van der Waals surface area contributed by atoms with Crippen molar-refractivity contribution in [2.45, 2.75) is 13.3 Å². The van der Waals surface area contributed by atoms with Crippen LogP contribution in [0, 0.1) is 6.92 Å². The summed E-state index contributed by atoms with van der Waals surface area (Å²) in [5.41, 5.74) is 2.95. The third-order valence-electron chi connectivity index (χ3n) is 2.40. The number of nitrogens with one attached hydrogen (secondary N) is 1. The Kier molecular flexibility index (Phi) is 3.27. The second kappa shape index (κ2) is 4.68. The summed E-state index contributed by atoms with van der Waals surface area (Å²) in [6.07, 6.45) is 0.550. The van der Waals surface area contributed by atoms with Crippen LogP contribution >= 0.6 is 11.6 Å². The van der Waals surface area contributed by atoms with E-state index in [0.717, 1.165) is 22.8 Å². The summed E-state index contributed by atoms with van der Waals surface area (Å²) < 4.78 is 0. The van der Waals surface area contributed by atoms with Gasteiger partial charge in [0.15, 0.2) is 0 Å².